The molecule has 0 saturated carbocycles. The SMILES string of the molecule is Cc1cc2c(=O)n(C)cc(-c3ccccc3Oc3ccc(F)cc3F)c2[nH]1. The summed E-state index contributed by atoms with van der Waals surface area (Å²) in [7, 11) is 1.68. The molecule has 0 fully saturated rings. The molecule has 6 heteroatoms. The molecular formula is C21H16F2N2O2. The molecule has 0 atom stereocenters. The monoisotopic (exact) mass is 366 g/mol. The van der Waals surface area contributed by atoms with E-state index in [9.17, 15) is 13.6 Å². The Labute approximate surface area is 153 Å². The van der Waals surface area contributed by atoms with Crippen molar-refractivity contribution >= 4 is 10.9 Å². The number of fused-ring (bicyclic) bond motifs is 1. The third-order valence-corrected chi connectivity index (χ3v) is 4.39. The molecule has 2 aromatic heterocycles. The van der Waals surface area contributed by atoms with Crippen molar-refractivity contribution in [1.29, 1.82) is 0 Å². The van der Waals surface area contributed by atoms with Crippen LogP contribution in [0, 0.1) is 18.6 Å². The van der Waals surface area contributed by atoms with Crippen LogP contribution in [0.25, 0.3) is 22.0 Å². The fraction of sp³-hybridized carbons (Fsp3) is 0.0952. The lowest BCUT2D eigenvalue weighted by Crippen LogP contribution is -2.15. The molecular weight excluding hydrogens is 350 g/mol. The van der Waals surface area contributed by atoms with Crippen LogP contribution in [-0.4, -0.2) is 9.55 Å². The van der Waals surface area contributed by atoms with Crippen LogP contribution in [0.5, 0.6) is 11.5 Å². The molecule has 0 aliphatic heterocycles. The highest BCUT2D eigenvalue weighted by Gasteiger charge is 2.16. The van der Waals surface area contributed by atoms with Gasteiger partial charge in [0.15, 0.2) is 11.6 Å². The first-order valence-electron chi connectivity index (χ1n) is 8.35. The average molecular weight is 366 g/mol. The van der Waals surface area contributed by atoms with Crippen LogP contribution in [-0.2, 0) is 7.05 Å². The van der Waals surface area contributed by atoms with E-state index in [1.165, 1.54) is 10.6 Å². The van der Waals surface area contributed by atoms with Crippen LogP contribution in [0.1, 0.15) is 5.69 Å². The number of ether oxygens (including phenoxy) is 1. The number of aromatic amines is 1. The third-order valence-electron chi connectivity index (χ3n) is 4.39. The van der Waals surface area contributed by atoms with E-state index in [4.69, 9.17) is 4.74 Å². The molecule has 4 nitrogen and oxygen atoms in total. The minimum Gasteiger partial charge on any atom is -0.454 e. The Morgan fingerprint density at radius 3 is 2.56 bits per heavy atom. The Balaban J connectivity index is 1.90. The van der Waals surface area contributed by atoms with Gasteiger partial charge in [0.05, 0.1) is 10.9 Å². The lowest BCUT2D eigenvalue weighted by Gasteiger charge is -2.13. The van der Waals surface area contributed by atoms with Crippen LogP contribution < -0.4 is 10.3 Å². The van der Waals surface area contributed by atoms with Gasteiger partial charge in [-0.3, -0.25) is 4.79 Å². The fourth-order valence-electron chi connectivity index (χ4n) is 3.14. The Bertz CT molecular complexity index is 1220. The van der Waals surface area contributed by atoms with Crippen molar-refractivity contribution in [2.75, 3.05) is 0 Å². The molecule has 0 amide bonds. The topological polar surface area (TPSA) is 47.0 Å². The molecule has 0 radical (unpaired) electrons. The van der Waals surface area contributed by atoms with Gasteiger partial charge in [-0.05, 0) is 31.2 Å². The van der Waals surface area contributed by atoms with E-state index in [0.717, 1.165) is 23.4 Å². The van der Waals surface area contributed by atoms with Crippen molar-refractivity contribution in [1.82, 2.24) is 9.55 Å². The van der Waals surface area contributed by atoms with E-state index in [0.29, 0.717) is 22.2 Å². The van der Waals surface area contributed by atoms with Crippen molar-refractivity contribution < 1.29 is 13.5 Å². The van der Waals surface area contributed by atoms with E-state index in [1.54, 1.807) is 31.4 Å². The number of rotatable bonds is 3. The van der Waals surface area contributed by atoms with E-state index in [-0.39, 0.29) is 11.3 Å². The zero-order valence-electron chi connectivity index (χ0n) is 14.7. The van der Waals surface area contributed by atoms with Gasteiger partial charge in [0.1, 0.15) is 11.6 Å². The summed E-state index contributed by atoms with van der Waals surface area (Å²) in [5, 5.41) is 0.565. The number of halogens is 2. The number of aryl methyl sites for hydroxylation is 2. The molecule has 27 heavy (non-hydrogen) atoms. The Kier molecular flexibility index (Phi) is 4.03. The van der Waals surface area contributed by atoms with Crippen LogP contribution >= 0.6 is 0 Å². The smallest absolute Gasteiger partial charge is 0.259 e. The number of benzene rings is 2. The quantitative estimate of drug-likeness (QED) is 0.560. The third kappa shape index (κ3) is 2.99. The fourth-order valence-corrected chi connectivity index (χ4v) is 3.14. The first-order valence-corrected chi connectivity index (χ1v) is 8.35. The average Bonchev–Trinajstić information content (AvgIpc) is 3.03. The van der Waals surface area contributed by atoms with Gasteiger partial charge >= 0.3 is 0 Å². The summed E-state index contributed by atoms with van der Waals surface area (Å²) in [4.78, 5) is 15.6. The van der Waals surface area contributed by atoms with Gasteiger partial charge in [-0.2, -0.15) is 0 Å². The molecule has 2 heterocycles. The standard InChI is InChI=1S/C21H16F2N2O2/c1-12-9-15-20(24-12)16(11-25(2)21(15)26)14-5-3-4-6-18(14)27-19-8-7-13(22)10-17(19)23/h3-11,24H,1-2H3. The van der Waals surface area contributed by atoms with Crippen molar-refractivity contribution in [2.24, 2.45) is 7.05 Å². The maximum Gasteiger partial charge on any atom is 0.259 e. The van der Waals surface area contributed by atoms with Gasteiger partial charge < -0.3 is 14.3 Å². The van der Waals surface area contributed by atoms with Crippen LogP contribution in [0.15, 0.2) is 59.5 Å². The van der Waals surface area contributed by atoms with Gasteiger partial charge in [-0.1, -0.05) is 18.2 Å². The van der Waals surface area contributed by atoms with Crippen molar-refractivity contribution in [3.8, 4) is 22.6 Å². The highest BCUT2D eigenvalue weighted by Crippen LogP contribution is 2.36. The number of H-pyrrole nitrogens is 1. The maximum absolute atomic E-state index is 14.0. The minimum absolute atomic E-state index is 0.0763. The first-order chi connectivity index (χ1) is 12.9. The molecule has 4 aromatic rings. The molecule has 1 N–H and O–H groups in total. The number of hydrogen-bond acceptors (Lipinski definition) is 2. The lowest BCUT2D eigenvalue weighted by molar-refractivity contribution is 0.439. The predicted molar refractivity (Wildman–Crippen MR) is 100 cm³/mol. The second kappa shape index (κ2) is 6.39. The highest BCUT2D eigenvalue weighted by atomic mass is 19.1. The summed E-state index contributed by atoms with van der Waals surface area (Å²) in [6.45, 7) is 1.87. The molecule has 0 bridgehead atoms. The van der Waals surface area contributed by atoms with Crippen molar-refractivity contribution in [2.45, 2.75) is 6.92 Å². The number of aromatic nitrogens is 2. The maximum atomic E-state index is 14.0. The molecule has 0 saturated heterocycles. The van der Waals surface area contributed by atoms with E-state index in [2.05, 4.69) is 4.98 Å². The summed E-state index contributed by atoms with van der Waals surface area (Å²) in [5.74, 6) is -1.14. The second-order valence-corrected chi connectivity index (χ2v) is 6.37. The van der Waals surface area contributed by atoms with Crippen LogP contribution in [0.3, 0.4) is 0 Å². The number of pyridine rings is 1. The summed E-state index contributed by atoms with van der Waals surface area (Å²) in [6, 6.07) is 12.1. The normalized spacial score (nSPS) is 11.1. The zero-order valence-corrected chi connectivity index (χ0v) is 14.7. The summed E-state index contributed by atoms with van der Waals surface area (Å²) < 4.78 is 34.4. The second-order valence-electron chi connectivity index (χ2n) is 6.37. The number of hydrogen-bond donors (Lipinski definition) is 1. The molecule has 2 aromatic carbocycles. The molecule has 0 aliphatic carbocycles. The van der Waals surface area contributed by atoms with E-state index in [1.807, 2.05) is 19.1 Å². The van der Waals surface area contributed by atoms with Gasteiger partial charge in [0.2, 0.25) is 0 Å². The molecule has 0 unspecified atom stereocenters. The van der Waals surface area contributed by atoms with Crippen LogP contribution in [0.4, 0.5) is 8.78 Å². The van der Waals surface area contributed by atoms with Gasteiger partial charge in [0, 0.05) is 36.1 Å². The van der Waals surface area contributed by atoms with Crippen LogP contribution in [0.2, 0.25) is 0 Å². The summed E-state index contributed by atoms with van der Waals surface area (Å²) >= 11 is 0. The van der Waals surface area contributed by atoms with Crippen molar-refractivity contribution in [3.05, 3.63) is 82.4 Å². The Morgan fingerprint density at radius 2 is 1.78 bits per heavy atom. The van der Waals surface area contributed by atoms with Crippen molar-refractivity contribution in [3.63, 3.8) is 0 Å². The number of para-hydroxylation sites is 1. The summed E-state index contributed by atoms with van der Waals surface area (Å²) in [5.41, 5.74) is 2.87. The molecule has 0 aliphatic rings. The van der Waals surface area contributed by atoms with Gasteiger partial charge in [-0.25, -0.2) is 8.78 Å². The highest BCUT2D eigenvalue weighted by molar-refractivity contribution is 5.95. The number of nitrogens with one attached hydrogen (secondary N) is 1. The largest absolute Gasteiger partial charge is 0.454 e. The number of nitrogens with zero attached hydrogens (tertiary/aromatic N) is 1. The Morgan fingerprint density at radius 1 is 1.00 bits per heavy atom. The molecule has 136 valence electrons. The van der Waals surface area contributed by atoms with E-state index >= 15 is 0 Å². The zero-order chi connectivity index (χ0) is 19.1. The molecule has 0 spiro atoms. The minimum atomic E-state index is -0.786. The van der Waals surface area contributed by atoms with Gasteiger partial charge in [-0.15, -0.1) is 0 Å². The summed E-state index contributed by atoms with van der Waals surface area (Å²) in [6.07, 6.45) is 1.71. The predicted octanol–water partition coefficient (Wildman–Crippen LogP) is 4.91. The lowest BCUT2D eigenvalue weighted by atomic mass is 10.0. The van der Waals surface area contributed by atoms with Gasteiger partial charge in [0.25, 0.3) is 5.56 Å². The first kappa shape index (κ1) is 17.0. The van der Waals surface area contributed by atoms with E-state index < -0.39 is 11.6 Å². The molecule has 4 rings (SSSR count). The Hall–Kier alpha value is -3.41.